The molecule has 158 valence electrons. The number of nitrogens with zero attached hydrogens (tertiary/aromatic N) is 2. The number of aromatic nitrogens is 2. The Morgan fingerprint density at radius 1 is 1.13 bits per heavy atom. The van der Waals surface area contributed by atoms with Crippen LogP contribution in [0, 0.1) is 0 Å². The fourth-order valence-electron chi connectivity index (χ4n) is 3.17. The number of nitrogens with one attached hydrogen (secondary N) is 1. The summed E-state index contributed by atoms with van der Waals surface area (Å²) in [7, 11) is 3.20. The number of imidazole rings is 1. The molecule has 31 heavy (non-hydrogen) atoms. The highest BCUT2D eigenvalue weighted by molar-refractivity contribution is 7.15. The summed E-state index contributed by atoms with van der Waals surface area (Å²) in [6, 6.07) is 11.5. The lowest BCUT2D eigenvalue weighted by molar-refractivity contribution is -0.115. The van der Waals surface area contributed by atoms with E-state index in [0.717, 1.165) is 16.2 Å². The Kier molecular flexibility index (Phi) is 5.59. The minimum absolute atomic E-state index is 0.145. The van der Waals surface area contributed by atoms with Crippen molar-refractivity contribution in [1.29, 1.82) is 0 Å². The van der Waals surface area contributed by atoms with Crippen LogP contribution in [0.3, 0.4) is 0 Å². The van der Waals surface area contributed by atoms with Crippen molar-refractivity contribution in [2.75, 3.05) is 19.5 Å². The molecule has 8 nitrogen and oxygen atoms in total. The van der Waals surface area contributed by atoms with E-state index in [-0.39, 0.29) is 17.9 Å². The monoisotopic (exact) mass is 437 g/mol. The number of thiazole rings is 1. The standard InChI is InChI=1S/C22H19N3O5S/c1-29-16-7-8-19(30-2)17(10-16)18-11-25-15(12-31-22(25)24-18)9-20(26)23-14-5-3-13(4-6-14)21(27)28/h3-8,10-12H,9H2,1-2H3,(H,23,26)(H,27,28). The molecule has 2 N–H and O–H groups in total. The minimum Gasteiger partial charge on any atom is -0.497 e. The fraction of sp³-hybridized carbons (Fsp3) is 0.136. The third-order valence-corrected chi connectivity index (χ3v) is 5.61. The second-order valence-electron chi connectivity index (χ2n) is 6.68. The number of amides is 1. The van der Waals surface area contributed by atoms with Gasteiger partial charge in [-0.1, -0.05) is 0 Å². The number of carbonyl (C=O) groups is 2. The highest BCUT2D eigenvalue weighted by Crippen LogP contribution is 2.34. The first-order valence-electron chi connectivity index (χ1n) is 9.29. The smallest absolute Gasteiger partial charge is 0.335 e. The van der Waals surface area contributed by atoms with Crippen LogP contribution in [-0.4, -0.2) is 40.6 Å². The van der Waals surface area contributed by atoms with Crippen LogP contribution in [0.15, 0.2) is 54.0 Å². The Balaban J connectivity index is 1.55. The molecule has 0 bridgehead atoms. The summed E-state index contributed by atoms with van der Waals surface area (Å²) in [5.74, 6) is 0.149. The van der Waals surface area contributed by atoms with Gasteiger partial charge in [0.15, 0.2) is 4.96 Å². The summed E-state index contributed by atoms with van der Waals surface area (Å²) in [6.07, 6.45) is 2.01. The summed E-state index contributed by atoms with van der Waals surface area (Å²) in [5, 5.41) is 13.6. The number of carboxylic acids is 1. The summed E-state index contributed by atoms with van der Waals surface area (Å²) in [4.78, 5) is 28.9. The first kappa shape index (κ1) is 20.4. The number of anilines is 1. The summed E-state index contributed by atoms with van der Waals surface area (Å²) in [5.41, 5.74) is 3.01. The zero-order valence-corrected chi connectivity index (χ0v) is 17.6. The van der Waals surface area contributed by atoms with Crippen LogP contribution >= 0.6 is 11.3 Å². The van der Waals surface area contributed by atoms with Crippen LogP contribution < -0.4 is 14.8 Å². The summed E-state index contributed by atoms with van der Waals surface area (Å²) in [6.45, 7) is 0. The molecule has 0 fully saturated rings. The number of benzene rings is 2. The molecule has 0 aliphatic carbocycles. The van der Waals surface area contributed by atoms with Crippen LogP contribution in [0.2, 0.25) is 0 Å². The van der Waals surface area contributed by atoms with E-state index in [4.69, 9.17) is 14.6 Å². The normalized spacial score (nSPS) is 10.8. The van der Waals surface area contributed by atoms with Gasteiger partial charge in [0, 0.05) is 28.5 Å². The lowest BCUT2D eigenvalue weighted by Gasteiger charge is -2.08. The Morgan fingerprint density at radius 2 is 1.90 bits per heavy atom. The highest BCUT2D eigenvalue weighted by atomic mass is 32.1. The molecule has 1 amide bonds. The van der Waals surface area contributed by atoms with Gasteiger partial charge >= 0.3 is 5.97 Å². The predicted octanol–water partition coefficient (Wildman–Crippen LogP) is 3.96. The molecule has 0 spiro atoms. The maximum absolute atomic E-state index is 12.5. The number of ether oxygens (including phenoxy) is 2. The van der Waals surface area contributed by atoms with E-state index >= 15 is 0 Å². The number of carbonyl (C=O) groups excluding carboxylic acids is 1. The average Bonchev–Trinajstić information content (AvgIpc) is 3.35. The van der Waals surface area contributed by atoms with Crippen molar-refractivity contribution in [3.63, 3.8) is 0 Å². The van der Waals surface area contributed by atoms with E-state index in [1.54, 1.807) is 26.4 Å². The zero-order chi connectivity index (χ0) is 22.0. The van der Waals surface area contributed by atoms with Crippen molar-refractivity contribution >= 4 is 33.9 Å². The molecule has 2 heterocycles. The first-order valence-corrected chi connectivity index (χ1v) is 10.2. The number of carboxylic acid groups (broad SMARTS) is 1. The van der Waals surface area contributed by atoms with Crippen LogP contribution in [0.5, 0.6) is 11.5 Å². The molecule has 0 saturated carbocycles. The molecule has 4 rings (SSSR count). The maximum atomic E-state index is 12.5. The molecule has 0 saturated heterocycles. The molecule has 2 aromatic carbocycles. The topological polar surface area (TPSA) is 102 Å². The van der Waals surface area contributed by atoms with Crippen LogP contribution in [0.1, 0.15) is 16.1 Å². The minimum atomic E-state index is -1.01. The second kappa shape index (κ2) is 8.49. The van der Waals surface area contributed by atoms with Crippen LogP contribution in [0.4, 0.5) is 5.69 Å². The zero-order valence-electron chi connectivity index (χ0n) is 16.8. The van der Waals surface area contributed by atoms with Gasteiger partial charge < -0.3 is 19.9 Å². The van der Waals surface area contributed by atoms with E-state index in [1.807, 2.05) is 34.2 Å². The number of hydrogen-bond donors (Lipinski definition) is 2. The van der Waals surface area contributed by atoms with E-state index in [0.29, 0.717) is 22.9 Å². The molecular weight excluding hydrogens is 418 g/mol. The number of fused-ring (bicyclic) bond motifs is 1. The van der Waals surface area contributed by atoms with Crippen molar-refractivity contribution < 1.29 is 24.2 Å². The van der Waals surface area contributed by atoms with Crippen molar-refractivity contribution in [2.45, 2.75) is 6.42 Å². The SMILES string of the molecule is COc1ccc(OC)c(-c2cn3c(CC(=O)Nc4ccc(C(=O)O)cc4)csc3n2)c1. The van der Waals surface area contributed by atoms with Gasteiger partial charge in [-0.3, -0.25) is 9.20 Å². The number of hydrogen-bond acceptors (Lipinski definition) is 6. The second-order valence-corrected chi connectivity index (χ2v) is 7.52. The van der Waals surface area contributed by atoms with Crippen LogP contribution in [-0.2, 0) is 11.2 Å². The molecule has 0 aliphatic rings. The number of rotatable bonds is 7. The van der Waals surface area contributed by atoms with E-state index < -0.39 is 5.97 Å². The summed E-state index contributed by atoms with van der Waals surface area (Å²) < 4.78 is 12.6. The highest BCUT2D eigenvalue weighted by Gasteiger charge is 2.16. The Hall–Kier alpha value is -3.85. The van der Waals surface area contributed by atoms with Crippen molar-refractivity contribution in [3.05, 3.63) is 65.3 Å². The van der Waals surface area contributed by atoms with Crippen molar-refractivity contribution in [2.24, 2.45) is 0 Å². The number of methoxy groups -OCH3 is 2. The fourth-order valence-corrected chi connectivity index (χ4v) is 4.04. The lowest BCUT2D eigenvalue weighted by Crippen LogP contribution is -2.15. The average molecular weight is 437 g/mol. The molecule has 0 atom stereocenters. The number of aromatic carboxylic acids is 1. The van der Waals surface area contributed by atoms with Gasteiger partial charge in [0.25, 0.3) is 0 Å². The van der Waals surface area contributed by atoms with Crippen molar-refractivity contribution in [1.82, 2.24) is 9.38 Å². The molecule has 0 radical (unpaired) electrons. The largest absolute Gasteiger partial charge is 0.497 e. The first-order chi connectivity index (χ1) is 15.0. The Morgan fingerprint density at radius 3 is 2.58 bits per heavy atom. The van der Waals surface area contributed by atoms with Gasteiger partial charge in [0.2, 0.25) is 5.91 Å². The van der Waals surface area contributed by atoms with Gasteiger partial charge in [-0.15, -0.1) is 11.3 Å². The van der Waals surface area contributed by atoms with Crippen LogP contribution in [0.25, 0.3) is 16.2 Å². The van der Waals surface area contributed by atoms with E-state index in [9.17, 15) is 9.59 Å². The van der Waals surface area contributed by atoms with Crippen molar-refractivity contribution in [3.8, 4) is 22.8 Å². The van der Waals surface area contributed by atoms with Gasteiger partial charge in [0.1, 0.15) is 11.5 Å². The molecule has 9 heteroatoms. The van der Waals surface area contributed by atoms with Gasteiger partial charge in [-0.05, 0) is 42.5 Å². The third-order valence-electron chi connectivity index (χ3n) is 4.72. The van der Waals surface area contributed by atoms with Gasteiger partial charge in [-0.2, -0.15) is 0 Å². The molecule has 4 aromatic rings. The summed E-state index contributed by atoms with van der Waals surface area (Å²) >= 11 is 1.44. The maximum Gasteiger partial charge on any atom is 0.335 e. The lowest BCUT2D eigenvalue weighted by atomic mass is 10.1. The molecular formula is C22H19N3O5S. The predicted molar refractivity (Wildman–Crippen MR) is 117 cm³/mol. The quantitative estimate of drug-likeness (QED) is 0.454. The van der Waals surface area contributed by atoms with Gasteiger partial charge in [0.05, 0.1) is 31.9 Å². The molecule has 2 aromatic heterocycles. The Labute approximate surface area is 181 Å². The van der Waals surface area contributed by atoms with E-state index in [2.05, 4.69) is 10.3 Å². The Bertz CT molecular complexity index is 1260. The van der Waals surface area contributed by atoms with E-state index in [1.165, 1.54) is 23.5 Å². The third kappa shape index (κ3) is 4.22. The molecule has 0 unspecified atom stereocenters. The van der Waals surface area contributed by atoms with Gasteiger partial charge in [-0.25, -0.2) is 9.78 Å². The molecule has 0 aliphatic heterocycles.